The van der Waals surface area contributed by atoms with E-state index in [0.717, 1.165) is 0 Å². The molecule has 0 N–H and O–H groups in total. The van der Waals surface area contributed by atoms with Crippen molar-refractivity contribution in [2.24, 2.45) is 0 Å². The molecule has 4 aromatic rings. The molecular weight excluding hydrogens is 418 g/mol. The monoisotopic (exact) mass is 456 g/mol. The Morgan fingerprint density at radius 1 is 0.371 bits per heavy atom. The number of hydrogen-bond donors (Lipinski definition) is 0. The van der Waals surface area contributed by atoms with Gasteiger partial charge in [-0.05, 0) is 62.3 Å². The van der Waals surface area contributed by atoms with Crippen LogP contribution in [0.25, 0.3) is 0 Å². The fourth-order valence-corrected chi connectivity index (χ4v) is 6.71. The maximum atomic E-state index is 2.37. The second kappa shape index (κ2) is 9.94. The number of benzene rings is 4. The first-order valence-electron chi connectivity index (χ1n) is 12.9. The highest BCUT2D eigenvalue weighted by Crippen LogP contribution is 2.17. The molecule has 0 radical (unpaired) electrons. The minimum absolute atomic E-state index is 0.219. The molecule has 0 spiro atoms. The summed E-state index contributed by atoms with van der Waals surface area (Å²) in [6.45, 7) is 20.9. The molecule has 176 valence electrons. The molecule has 4 rings (SSSR count). The quantitative estimate of drug-likeness (QED) is 0.350. The normalized spacial score (nSPS) is 11.0. The Bertz CT molecular complexity index is 1260. The van der Waals surface area contributed by atoms with Crippen molar-refractivity contribution in [1.82, 2.24) is 0 Å². The summed E-state index contributed by atoms with van der Waals surface area (Å²) in [5.41, 5.74) is 18.1. The molecule has 0 saturated carbocycles. The molecule has 0 fully saturated rings. The fourth-order valence-electron chi connectivity index (χ4n) is 6.71. The Labute approximate surface area is 214 Å². The Hall–Kier alpha value is -2.99. The maximum absolute atomic E-state index is 2.37. The average molecular weight is 456 g/mol. The summed E-state index contributed by atoms with van der Waals surface area (Å²) < 4.78 is 0. The van der Waals surface area contributed by atoms with Crippen LogP contribution in [0.1, 0.15) is 50.1 Å². The van der Waals surface area contributed by atoms with Crippen LogP contribution in [0, 0.1) is 62.3 Å². The lowest BCUT2D eigenvalue weighted by Gasteiger charge is -2.31. The summed E-state index contributed by atoms with van der Waals surface area (Å²) in [7, 11) is 0. The van der Waals surface area contributed by atoms with Gasteiger partial charge in [0.2, 0.25) is 0 Å². The molecule has 0 heterocycles. The van der Waals surface area contributed by atoms with Crippen molar-refractivity contribution in [1.29, 1.82) is 0 Å². The summed E-state index contributed by atoms with van der Waals surface area (Å²) in [5, 5.41) is 0. The zero-order valence-corrected chi connectivity index (χ0v) is 23.0. The van der Waals surface area contributed by atoms with Crippen LogP contribution in [0.5, 0.6) is 0 Å². The molecule has 2 heteroatoms. The van der Waals surface area contributed by atoms with Crippen LogP contribution in [0.3, 0.4) is 0 Å². The lowest BCUT2D eigenvalue weighted by atomic mass is 9.00. The van der Waals surface area contributed by atoms with Gasteiger partial charge in [-0.3, -0.25) is 0 Å². The van der Waals surface area contributed by atoms with Gasteiger partial charge in [0.15, 0.2) is 13.2 Å². The van der Waals surface area contributed by atoms with Crippen molar-refractivity contribution in [3.8, 4) is 0 Å². The Balaban J connectivity index is 2.16. The topological polar surface area (TPSA) is 0 Å². The van der Waals surface area contributed by atoms with Crippen molar-refractivity contribution in [3.05, 3.63) is 117 Å². The lowest BCUT2D eigenvalue weighted by Crippen LogP contribution is -2.68. The van der Waals surface area contributed by atoms with Gasteiger partial charge in [-0.25, -0.2) is 0 Å². The highest BCUT2D eigenvalue weighted by molar-refractivity contribution is 7.42. The van der Waals surface area contributed by atoms with E-state index in [-0.39, 0.29) is 13.2 Å². The van der Waals surface area contributed by atoms with Crippen molar-refractivity contribution in [3.63, 3.8) is 0 Å². The molecule has 0 bridgehead atoms. The first-order chi connectivity index (χ1) is 16.6. The smallest absolute Gasteiger partial charge is 0.0814 e. The van der Waals surface area contributed by atoms with Gasteiger partial charge in [0, 0.05) is 0 Å². The highest BCUT2D eigenvalue weighted by atomic mass is 14.1. The molecule has 35 heavy (non-hydrogen) atoms. The molecule has 0 amide bonds. The van der Waals surface area contributed by atoms with Gasteiger partial charge in [-0.1, -0.05) is 139 Å². The van der Waals surface area contributed by atoms with Crippen LogP contribution in [-0.4, -0.2) is 13.2 Å². The van der Waals surface area contributed by atoms with E-state index in [9.17, 15) is 0 Å². The van der Waals surface area contributed by atoms with Crippen LogP contribution >= 0.6 is 0 Å². The SMILES string of the molecule is Cc1cc(C)c(B(B(c2c(C)cc(C)cc2C)c2c(C)cc(C)cc2C)c2ccccc2)c(C)c1. The lowest BCUT2D eigenvalue weighted by molar-refractivity contribution is 1.34. The van der Waals surface area contributed by atoms with Crippen LogP contribution < -0.4 is 21.9 Å². The van der Waals surface area contributed by atoms with Crippen LogP contribution in [-0.2, 0) is 0 Å². The van der Waals surface area contributed by atoms with E-state index in [0.29, 0.717) is 0 Å². The van der Waals surface area contributed by atoms with E-state index >= 15 is 0 Å². The van der Waals surface area contributed by atoms with Gasteiger partial charge in [-0.2, -0.15) is 0 Å². The summed E-state index contributed by atoms with van der Waals surface area (Å²) in [5.74, 6) is 0. The molecule has 0 aliphatic rings. The summed E-state index contributed by atoms with van der Waals surface area (Å²) in [6, 6.07) is 25.4. The van der Waals surface area contributed by atoms with Gasteiger partial charge >= 0.3 is 0 Å². The van der Waals surface area contributed by atoms with Gasteiger partial charge in [0.05, 0.1) is 0 Å². The molecule has 0 nitrogen and oxygen atoms in total. The molecule has 0 saturated heterocycles. The Morgan fingerprint density at radius 2 is 0.657 bits per heavy atom. The fraction of sp³-hybridized carbons (Fsp3) is 0.273. The van der Waals surface area contributed by atoms with Gasteiger partial charge in [0.1, 0.15) is 0 Å². The van der Waals surface area contributed by atoms with Crippen LogP contribution in [0.15, 0.2) is 66.7 Å². The second-order valence-corrected chi connectivity index (χ2v) is 10.8. The van der Waals surface area contributed by atoms with Crippen molar-refractivity contribution in [2.45, 2.75) is 62.3 Å². The third-order valence-electron chi connectivity index (χ3n) is 7.64. The maximum Gasteiger partial charge on any atom is 0.192 e. The molecule has 0 aliphatic heterocycles. The Morgan fingerprint density at radius 3 is 0.971 bits per heavy atom. The van der Waals surface area contributed by atoms with Gasteiger partial charge in [0.25, 0.3) is 0 Å². The first-order valence-corrected chi connectivity index (χ1v) is 12.9. The molecule has 0 atom stereocenters. The van der Waals surface area contributed by atoms with E-state index in [1.54, 1.807) is 0 Å². The van der Waals surface area contributed by atoms with E-state index < -0.39 is 0 Å². The van der Waals surface area contributed by atoms with Gasteiger partial charge < -0.3 is 0 Å². The van der Waals surface area contributed by atoms with E-state index in [1.165, 1.54) is 71.9 Å². The van der Waals surface area contributed by atoms with Gasteiger partial charge in [-0.15, -0.1) is 0 Å². The zero-order valence-electron chi connectivity index (χ0n) is 23.0. The predicted molar refractivity (Wildman–Crippen MR) is 158 cm³/mol. The third kappa shape index (κ3) is 4.90. The van der Waals surface area contributed by atoms with Crippen molar-refractivity contribution < 1.29 is 0 Å². The van der Waals surface area contributed by atoms with Crippen molar-refractivity contribution >= 4 is 35.1 Å². The van der Waals surface area contributed by atoms with Crippen LogP contribution in [0.4, 0.5) is 0 Å². The largest absolute Gasteiger partial charge is 0.192 e. The standard InChI is InChI=1S/C33H38B2/c1-21-15-24(4)31(25(5)16-21)34(30-13-11-10-12-14-30)35(32-26(6)17-22(2)18-27(32)7)33-28(8)19-23(3)20-29(33)9/h10-20H,1-9H3. The molecule has 0 unspecified atom stereocenters. The number of rotatable bonds is 5. The summed E-state index contributed by atoms with van der Waals surface area (Å²) >= 11 is 0. The minimum Gasteiger partial charge on any atom is -0.0814 e. The molecular formula is C33H38B2. The summed E-state index contributed by atoms with van der Waals surface area (Å²) in [6.07, 6.45) is 0. The summed E-state index contributed by atoms with van der Waals surface area (Å²) in [4.78, 5) is 0. The number of aryl methyl sites for hydroxylation is 9. The second-order valence-electron chi connectivity index (χ2n) is 10.8. The molecule has 4 aromatic carbocycles. The predicted octanol–water partition coefficient (Wildman–Crippen LogP) is 5.46. The average Bonchev–Trinajstić information content (AvgIpc) is 2.74. The third-order valence-corrected chi connectivity index (χ3v) is 7.64. The van der Waals surface area contributed by atoms with E-state index in [1.807, 2.05) is 0 Å². The van der Waals surface area contributed by atoms with Crippen LogP contribution in [0.2, 0.25) is 0 Å². The first kappa shape index (κ1) is 25.1. The zero-order chi connectivity index (χ0) is 25.4. The number of hydrogen-bond acceptors (Lipinski definition) is 0. The van der Waals surface area contributed by atoms with E-state index in [4.69, 9.17) is 0 Å². The van der Waals surface area contributed by atoms with E-state index in [2.05, 4.69) is 129 Å². The van der Waals surface area contributed by atoms with Crippen molar-refractivity contribution in [2.75, 3.05) is 0 Å². The highest BCUT2D eigenvalue weighted by Gasteiger charge is 2.39. The molecule has 0 aliphatic carbocycles. The minimum atomic E-state index is 0.219. The molecule has 0 aromatic heterocycles. The Kier molecular flexibility index (Phi) is 7.13.